The lowest BCUT2D eigenvalue weighted by Gasteiger charge is -2.07. The Labute approximate surface area is 125 Å². The van der Waals surface area contributed by atoms with E-state index in [4.69, 9.17) is 14.3 Å². The number of ether oxygens (including phenoxy) is 1. The Hall–Kier alpha value is -3.02. The van der Waals surface area contributed by atoms with Crippen LogP contribution in [0.4, 0.5) is 0 Å². The number of hydrogen-bond donors (Lipinski definition) is 1. The molecule has 0 atom stereocenters. The van der Waals surface area contributed by atoms with Gasteiger partial charge in [-0.2, -0.15) is 0 Å². The number of carbonyl (C=O) groups is 1. The molecule has 6 nitrogen and oxygen atoms in total. The van der Waals surface area contributed by atoms with E-state index in [1.165, 1.54) is 10.6 Å². The first-order valence-electron chi connectivity index (χ1n) is 6.57. The van der Waals surface area contributed by atoms with Crippen molar-refractivity contribution in [2.45, 2.75) is 6.54 Å². The highest BCUT2D eigenvalue weighted by molar-refractivity contribution is 5.84. The number of aromatic carboxylic acids is 1. The number of methoxy groups -OCH3 is 1. The summed E-state index contributed by atoms with van der Waals surface area (Å²) in [4.78, 5) is 23.2. The molecule has 2 heterocycles. The van der Waals surface area contributed by atoms with E-state index in [0.717, 1.165) is 5.39 Å². The van der Waals surface area contributed by atoms with Crippen LogP contribution in [-0.2, 0) is 6.54 Å². The number of carboxylic acids is 1. The van der Waals surface area contributed by atoms with E-state index >= 15 is 0 Å². The minimum atomic E-state index is -1.13. The molecule has 2 aromatic heterocycles. The van der Waals surface area contributed by atoms with E-state index in [1.54, 1.807) is 43.6 Å². The van der Waals surface area contributed by atoms with E-state index in [1.807, 2.05) is 0 Å². The fraction of sp³-hybridized carbons (Fsp3) is 0.125. The topological polar surface area (TPSA) is 81.7 Å². The number of carboxylic acid groups (broad SMARTS) is 1. The summed E-state index contributed by atoms with van der Waals surface area (Å²) in [6, 6.07) is 9.95. The van der Waals surface area contributed by atoms with Crippen molar-refractivity contribution in [1.82, 2.24) is 4.57 Å². The van der Waals surface area contributed by atoms with E-state index in [2.05, 4.69) is 0 Å². The highest BCUT2D eigenvalue weighted by atomic mass is 16.5. The Bertz CT molecular complexity index is 906. The van der Waals surface area contributed by atoms with Gasteiger partial charge in [-0.05, 0) is 41.8 Å². The van der Waals surface area contributed by atoms with E-state index < -0.39 is 5.97 Å². The summed E-state index contributed by atoms with van der Waals surface area (Å²) in [6.45, 7) is 0.175. The normalized spacial score (nSPS) is 10.8. The number of furan rings is 1. The lowest BCUT2D eigenvalue weighted by atomic mass is 10.1. The van der Waals surface area contributed by atoms with Crippen LogP contribution in [0.1, 0.15) is 16.3 Å². The summed E-state index contributed by atoms with van der Waals surface area (Å²) in [7, 11) is 1.57. The van der Waals surface area contributed by atoms with Gasteiger partial charge in [-0.3, -0.25) is 4.79 Å². The fourth-order valence-corrected chi connectivity index (χ4v) is 2.26. The average molecular weight is 299 g/mol. The zero-order valence-electron chi connectivity index (χ0n) is 11.8. The molecule has 0 saturated heterocycles. The maximum absolute atomic E-state index is 12.4. The van der Waals surface area contributed by atoms with Gasteiger partial charge in [0.25, 0.3) is 5.56 Å². The Morgan fingerprint density at radius 2 is 2.09 bits per heavy atom. The molecule has 0 saturated carbocycles. The molecular formula is C16H13NO5. The van der Waals surface area contributed by atoms with Crippen LogP contribution in [-0.4, -0.2) is 22.8 Å². The van der Waals surface area contributed by atoms with Crippen LogP contribution in [0.25, 0.3) is 10.8 Å². The third-order valence-corrected chi connectivity index (χ3v) is 3.38. The van der Waals surface area contributed by atoms with Gasteiger partial charge in [0, 0.05) is 11.6 Å². The Morgan fingerprint density at radius 3 is 2.77 bits per heavy atom. The van der Waals surface area contributed by atoms with Crippen LogP contribution in [0.3, 0.4) is 0 Å². The molecule has 1 N–H and O–H groups in total. The van der Waals surface area contributed by atoms with Gasteiger partial charge in [0.2, 0.25) is 5.76 Å². The van der Waals surface area contributed by atoms with Gasteiger partial charge in [-0.1, -0.05) is 0 Å². The second-order valence-corrected chi connectivity index (χ2v) is 4.77. The number of nitrogens with zero attached hydrogens (tertiary/aromatic N) is 1. The predicted molar refractivity (Wildman–Crippen MR) is 79.5 cm³/mol. The third-order valence-electron chi connectivity index (χ3n) is 3.38. The first kappa shape index (κ1) is 13.9. The molecule has 3 rings (SSSR count). The van der Waals surface area contributed by atoms with Crippen molar-refractivity contribution in [3.8, 4) is 5.75 Å². The lowest BCUT2D eigenvalue weighted by Crippen LogP contribution is -2.19. The molecule has 0 spiro atoms. The minimum absolute atomic E-state index is 0.145. The molecule has 0 fully saturated rings. The van der Waals surface area contributed by atoms with Crippen molar-refractivity contribution in [1.29, 1.82) is 0 Å². The van der Waals surface area contributed by atoms with Gasteiger partial charge in [0.1, 0.15) is 11.5 Å². The van der Waals surface area contributed by atoms with Gasteiger partial charge in [0.05, 0.1) is 13.7 Å². The van der Waals surface area contributed by atoms with Crippen molar-refractivity contribution in [2.24, 2.45) is 0 Å². The highest BCUT2D eigenvalue weighted by Crippen LogP contribution is 2.18. The van der Waals surface area contributed by atoms with Crippen LogP contribution in [0.2, 0.25) is 0 Å². The zero-order valence-corrected chi connectivity index (χ0v) is 11.8. The van der Waals surface area contributed by atoms with Crippen LogP contribution in [0.5, 0.6) is 5.75 Å². The third kappa shape index (κ3) is 2.46. The van der Waals surface area contributed by atoms with Gasteiger partial charge in [-0.15, -0.1) is 0 Å². The number of pyridine rings is 1. The summed E-state index contributed by atoms with van der Waals surface area (Å²) in [6.07, 6.45) is 1.65. The van der Waals surface area contributed by atoms with Crippen LogP contribution in [0.15, 0.2) is 51.8 Å². The molecule has 0 radical (unpaired) electrons. The Morgan fingerprint density at radius 1 is 1.27 bits per heavy atom. The molecule has 1 aromatic carbocycles. The average Bonchev–Trinajstić information content (AvgIpc) is 2.98. The molecule has 3 aromatic rings. The lowest BCUT2D eigenvalue weighted by molar-refractivity contribution is 0.0660. The maximum atomic E-state index is 12.4. The van der Waals surface area contributed by atoms with E-state index in [0.29, 0.717) is 16.9 Å². The summed E-state index contributed by atoms with van der Waals surface area (Å²) >= 11 is 0. The van der Waals surface area contributed by atoms with E-state index in [9.17, 15) is 9.59 Å². The SMILES string of the molecule is COc1ccc2c(=O)n(Cc3ccc(C(=O)O)o3)ccc2c1. The van der Waals surface area contributed by atoms with Crippen LogP contribution < -0.4 is 10.3 Å². The molecule has 0 aliphatic carbocycles. The number of rotatable bonds is 4. The largest absolute Gasteiger partial charge is 0.497 e. The fourth-order valence-electron chi connectivity index (χ4n) is 2.26. The molecule has 0 bridgehead atoms. The van der Waals surface area contributed by atoms with Crippen LogP contribution >= 0.6 is 0 Å². The maximum Gasteiger partial charge on any atom is 0.371 e. The second-order valence-electron chi connectivity index (χ2n) is 4.77. The van der Waals surface area contributed by atoms with Gasteiger partial charge < -0.3 is 18.8 Å². The molecule has 0 unspecified atom stereocenters. The molecule has 6 heteroatoms. The summed E-state index contributed by atoms with van der Waals surface area (Å²) < 4.78 is 11.8. The van der Waals surface area contributed by atoms with Crippen molar-refractivity contribution in [3.05, 3.63) is 64.5 Å². The monoisotopic (exact) mass is 299 g/mol. The predicted octanol–water partition coefficient (Wildman–Crippen LogP) is 2.35. The molecule has 0 amide bonds. The molecule has 112 valence electrons. The van der Waals surface area contributed by atoms with E-state index in [-0.39, 0.29) is 17.9 Å². The summed E-state index contributed by atoms with van der Waals surface area (Å²) in [5.74, 6) is -0.188. The first-order valence-corrected chi connectivity index (χ1v) is 6.57. The molecule has 0 aliphatic heterocycles. The van der Waals surface area contributed by atoms with Crippen LogP contribution in [0, 0.1) is 0 Å². The standard InChI is InChI=1S/C16H13NO5/c1-21-11-2-4-13-10(8-11)6-7-17(15(13)18)9-12-3-5-14(22-12)16(19)20/h2-8H,9H2,1H3,(H,19,20). The minimum Gasteiger partial charge on any atom is -0.497 e. The number of hydrogen-bond acceptors (Lipinski definition) is 4. The van der Waals surface area contributed by atoms with Crippen molar-refractivity contribution in [2.75, 3.05) is 7.11 Å². The summed E-state index contributed by atoms with van der Waals surface area (Å²) in [5, 5.41) is 10.2. The molecule has 22 heavy (non-hydrogen) atoms. The highest BCUT2D eigenvalue weighted by Gasteiger charge is 2.10. The van der Waals surface area contributed by atoms with Gasteiger partial charge >= 0.3 is 5.97 Å². The van der Waals surface area contributed by atoms with Gasteiger partial charge in [-0.25, -0.2) is 4.79 Å². The Kier molecular flexibility index (Phi) is 3.42. The first-order chi connectivity index (χ1) is 10.6. The summed E-state index contributed by atoms with van der Waals surface area (Å²) in [5.41, 5.74) is -0.173. The second kappa shape index (κ2) is 5.40. The quantitative estimate of drug-likeness (QED) is 0.799. The van der Waals surface area contributed by atoms with Crippen molar-refractivity contribution < 1.29 is 19.1 Å². The van der Waals surface area contributed by atoms with Crippen molar-refractivity contribution >= 4 is 16.7 Å². The van der Waals surface area contributed by atoms with Crippen molar-refractivity contribution in [3.63, 3.8) is 0 Å². The molecule has 0 aliphatic rings. The Balaban J connectivity index is 1.98. The number of benzene rings is 1. The van der Waals surface area contributed by atoms with Gasteiger partial charge in [0.15, 0.2) is 0 Å². The smallest absolute Gasteiger partial charge is 0.371 e. The molecular weight excluding hydrogens is 286 g/mol. The zero-order chi connectivity index (χ0) is 15.7. The number of fused-ring (bicyclic) bond motifs is 1. The number of aromatic nitrogens is 1.